The molecule has 1 aromatic rings. The fraction of sp³-hybridized carbons (Fsp3) is 0.417. The number of benzene rings is 1. The highest BCUT2D eigenvalue weighted by Gasteiger charge is 2.18. The molecule has 0 spiro atoms. The van der Waals surface area contributed by atoms with Crippen LogP contribution in [0.3, 0.4) is 0 Å². The fourth-order valence-electron chi connectivity index (χ4n) is 1.45. The molecule has 86 valence electrons. The summed E-state index contributed by atoms with van der Waals surface area (Å²) < 4.78 is 10.3. The zero-order valence-electron chi connectivity index (χ0n) is 9.78. The van der Waals surface area contributed by atoms with E-state index in [0.717, 1.165) is 5.56 Å². The number of methoxy groups -OCH3 is 2. The van der Waals surface area contributed by atoms with Gasteiger partial charge in [0, 0.05) is 6.42 Å². The van der Waals surface area contributed by atoms with Gasteiger partial charge in [0.2, 0.25) is 0 Å². The maximum atomic E-state index is 8.85. The van der Waals surface area contributed by atoms with E-state index in [0.29, 0.717) is 17.9 Å². The molecule has 4 nitrogen and oxygen atoms in total. The second kappa shape index (κ2) is 4.86. The van der Waals surface area contributed by atoms with Gasteiger partial charge in [-0.25, -0.2) is 0 Å². The van der Waals surface area contributed by atoms with Crippen molar-refractivity contribution in [2.75, 3.05) is 14.2 Å². The lowest BCUT2D eigenvalue weighted by molar-refractivity contribution is 0.354. The lowest BCUT2D eigenvalue weighted by Gasteiger charge is -2.16. The van der Waals surface area contributed by atoms with Gasteiger partial charge >= 0.3 is 0 Å². The van der Waals surface area contributed by atoms with Gasteiger partial charge in [-0.15, -0.1) is 0 Å². The highest BCUT2D eigenvalue weighted by atomic mass is 16.5. The number of ether oxygens (including phenoxy) is 2. The zero-order chi connectivity index (χ0) is 12.2. The Bertz CT molecular complexity index is 408. The van der Waals surface area contributed by atoms with Crippen LogP contribution >= 0.6 is 0 Å². The molecule has 1 aromatic carbocycles. The van der Waals surface area contributed by atoms with E-state index in [1.165, 1.54) is 0 Å². The SMILES string of the molecule is COc1ccc(C[C@](C)(N)C#N)cc1OC. The normalized spacial score (nSPS) is 13.7. The predicted molar refractivity (Wildman–Crippen MR) is 61.5 cm³/mol. The van der Waals surface area contributed by atoms with E-state index in [9.17, 15) is 0 Å². The van der Waals surface area contributed by atoms with Crippen LogP contribution in [0.5, 0.6) is 11.5 Å². The molecule has 0 aromatic heterocycles. The first-order chi connectivity index (χ1) is 7.52. The molecule has 16 heavy (non-hydrogen) atoms. The van der Waals surface area contributed by atoms with Crippen molar-refractivity contribution >= 4 is 0 Å². The summed E-state index contributed by atoms with van der Waals surface area (Å²) in [6, 6.07) is 7.58. The summed E-state index contributed by atoms with van der Waals surface area (Å²) >= 11 is 0. The van der Waals surface area contributed by atoms with Crippen molar-refractivity contribution in [3.05, 3.63) is 23.8 Å². The van der Waals surface area contributed by atoms with Crippen LogP contribution in [0, 0.1) is 11.3 Å². The van der Waals surface area contributed by atoms with Crippen LogP contribution in [0.1, 0.15) is 12.5 Å². The molecule has 1 atom stereocenters. The molecule has 0 unspecified atom stereocenters. The lowest BCUT2D eigenvalue weighted by atomic mass is 9.95. The highest BCUT2D eigenvalue weighted by molar-refractivity contribution is 5.43. The molecule has 0 bridgehead atoms. The average molecular weight is 220 g/mol. The number of rotatable bonds is 4. The summed E-state index contributed by atoms with van der Waals surface area (Å²) in [5.74, 6) is 1.32. The van der Waals surface area contributed by atoms with Gasteiger partial charge in [0.25, 0.3) is 0 Å². The Balaban J connectivity index is 2.97. The molecular weight excluding hydrogens is 204 g/mol. The molecule has 0 heterocycles. The molecule has 0 aliphatic carbocycles. The minimum absolute atomic E-state index is 0.476. The quantitative estimate of drug-likeness (QED) is 0.834. The third-order valence-electron chi connectivity index (χ3n) is 2.27. The molecule has 0 amide bonds. The Morgan fingerprint density at radius 3 is 2.44 bits per heavy atom. The molecule has 4 heteroatoms. The van der Waals surface area contributed by atoms with Gasteiger partial charge in [0.15, 0.2) is 11.5 Å². The number of hydrogen-bond donors (Lipinski definition) is 1. The first-order valence-electron chi connectivity index (χ1n) is 4.93. The Morgan fingerprint density at radius 2 is 1.94 bits per heavy atom. The Kier molecular flexibility index (Phi) is 3.75. The molecule has 0 fully saturated rings. The Labute approximate surface area is 95.6 Å². The first kappa shape index (κ1) is 12.3. The van der Waals surface area contributed by atoms with Gasteiger partial charge in [-0.05, 0) is 24.6 Å². The molecule has 2 N–H and O–H groups in total. The van der Waals surface area contributed by atoms with Crippen LogP contribution in [0.4, 0.5) is 0 Å². The Hall–Kier alpha value is -1.73. The second-order valence-corrected chi connectivity index (χ2v) is 3.90. The average Bonchev–Trinajstić information content (AvgIpc) is 2.28. The second-order valence-electron chi connectivity index (χ2n) is 3.90. The topological polar surface area (TPSA) is 68.3 Å². The summed E-state index contributed by atoms with van der Waals surface area (Å²) in [7, 11) is 3.16. The van der Waals surface area contributed by atoms with Gasteiger partial charge in [-0.1, -0.05) is 6.07 Å². The van der Waals surface area contributed by atoms with Crippen molar-refractivity contribution < 1.29 is 9.47 Å². The van der Waals surface area contributed by atoms with Gasteiger partial charge in [-0.3, -0.25) is 0 Å². The van der Waals surface area contributed by atoms with Gasteiger partial charge in [-0.2, -0.15) is 5.26 Å². The molecule has 0 saturated carbocycles. The van der Waals surface area contributed by atoms with Crippen molar-refractivity contribution in [3.63, 3.8) is 0 Å². The van der Waals surface area contributed by atoms with Crippen LogP contribution in [0.15, 0.2) is 18.2 Å². The van der Waals surface area contributed by atoms with Crippen molar-refractivity contribution in [1.29, 1.82) is 5.26 Å². The van der Waals surface area contributed by atoms with Gasteiger partial charge in [0.1, 0.15) is 5.54 Å². The van der Waals surface area contributed by atoms with Crippen molar-refractivity contribution in [2.24, 2.45) is 5.73 Å². The molecule has 0 aliphatic heterocycles. The molecular formula is C12H16N2O2. The molecule has 1 rings (SSSR count). The van der Waals surface area contributed by atoms with Crippen molar-refractivity contribution in [2.45, 2.75) is 18.9 Å². The minimum atomic E-state index is -0.862. The van der Waals surface area contributed by atoms with Crippen molar-refractivity contribution in [1.82, 2.24) is 0 Å². The predicted octanol–water partition coefficient (Wildman–Crippen LogP) is 1.49. The van der Waals surface area contributed by atoms with E-state index >= 15 is 0 Å². The monoisotopic (exact) mass is 220 g/mol. The van der Waals surface area contributed by atoms with E-state index in [-0.39, 0.29) is 0 Å². The molecule has 0 radical (unpaired) electrons. The van der Waals surface area contributed by atoms with Gasteiger partial charge < -0.3 is 15.2 Å². The summed E-state index contributed by atoms with van der Waals surface area (Å²) in [5.41, 5.74) is 5.86. The van der Waals surface area contributed by atoms with E-state index in [1.54, 1.807) is 21.1 Å². The summed E-state index contributed by atoms with van der Waals surface area (Å²) in [6.07, 6.45) is 0.476. The van der Waals surface area contributed by atoms with E-state index < -0.39 is 5.54 Å². The third kappa shape index (κ3) is 2.88. The first-order valence-corrected chi connectivity index (χ1v) is 4.93. The summed E-state index contributed by atoms with van der Waals surface area (Å²) in [4.78, 5) is 0. The fourth-order valence-corrected chi connectivity index (χ4v) is 1.45. The highest BCUT2D eigenvalue weighted by Crippen LogP contribution is 2.28. The van der Waals surface area contributed by atoms with Gasteiger partial charge in [0.05, 0.1) is 20.3 Å². The van der Waals surface area contributed by atoms with E-state index in [1.807, 2.05) is 18.2 Å². The van der Waals surface area contributed by atoms with Crippen LogP contribution in [0.25, 0.3) is 0 Å². The number of nitriles is 1. The van der Waals surface area contributed by atoms with E-state index in [2.05, 4.69) is 6.07 Å². The smallest absolute Gasteiger partial charge is 0.160 e. The molecule has 0 saturated heterocycles. The zero-order valence-corrected chi connectivity index (χ0v) is 9.78. The van der Waals surface area contributed by atoms with Crippen LogP contribution in [0.2, 0.25) is 0 Å². The maximum Gasteiger partial charge on any atom is 0.160 e. The van der Waals surface area contributed by atoms with Crippen LogP contribution in [-0.4, -0.2) is 19.8 Å². The molecule has 0 aliphatic rings. The summed E-state index contributed by atoms with van der Waals surface area (Å²) in [5, 5.41) is 8.85. The minimum Gasteiger partial charge on any atom is -0.493 e. The maximum absolute atomic E-state index is 8.85. The van der Waals surface area contributed by atoms with E-state index in [4.69, 9.17) is 20.5 Å². The van der Waals surface area contributed by atoms with Crippen LogP contribution in [-0.2, 0) is 6.42 Å². The van der Waals surface area contributed by atoms with Crippen molar-refractivity contribution in [3.8, 4) is 17.6 Å². The number of hydrogen-bond acceptors (Lipinski definition) is 4. The number of nitrogens with zero attached hydrogens (tertiary/aromatic N) is 1. The number of nitrogens with two attached hydrogens (primary N) is 1. The standard InChI is InChI=1S/C12H16N2O2/c1-12(14,8-13)7-9-4-5-10(15-2)11(6-9)16-3/h4-6H,7,14H2,1-3H3/t12-/m0/s1. The Morgan fingerprint density at radius 1 is 1.31 bits per heavy atom. The summed E-state index contributed by atoms with van der Waals surface area (Å²) in [6.45, 7) is 1.70. The lowest BCUT2D eigenvalue weighted by Crippen LogP contribution is -2.36. The van der Waals surface area contributed by atoms with Crippen LogP contribution < -0.4 is 15.2 Å². The largest absolute Gasteiger partial charge is 0.493 e. The third-order valence-corrected chi connectivity index (χ3v) is 2.27.